The van der Waals surface area contributed by atoms with E-state index in [1.165, 1.54) is 6.07 Å². The number of halogens is 1. The molecule has 1 unspecified atom stereocenters. The first kappa shape index (κ1) is 19.2. The molecule has 0 radical (unpaired) electrons. The zero-order valence-corrected chi connectivity index (χ0v) is 15.4. The third-order valence-electron chi connectivity index (χ3n) is 4.48. The summed E-state index contributed by atoms with van der Waals surface area (Å²) in [5, 5.41) is 9.40. The molecule has 1 fully saturated rings. The standard InChI is InChI=1S/C19H31FN2O2/c1-19(2,3)14-22-9-8-21(13-16(22)7-10-23)12-15-11-17(24-4)5-6-18(15)20/h5-6,11,16,23H,7-10,12-14H2,1-4H3. The van der Waals surface area contributed by atoms with Gasteiger partial charge in [0.25, 0.3) is 0 Å². The number of nitrogens with zero attached hydrogens (tertiary/aromatic N) is 2. The van der Waals surface area contributed by atoms with E-state index in [0.717, 1.165) is 32.6 Å². The van der Waals surface area contributed by atoms with E-state index in [1.807, 2.05) is 0 Å². The van der Waals surface area contributed by atoms with Gasteiger partial charge in [-0.1, -0.05) is 20.8 Å². The van der Waals surface area contributed by atoms with E-state index in [4.69, 9.17) is 4.74 Å². The zero-order valence-electron chi connectivity index (χ0n) is 15.4. The Morgan fingerprint density at radius 1 is 1.29 bits per heavy atom. The fourth-order valence-electron chi connectivity index (χ4n) is 3.38. The quantitative estimate of drug-likeness (QED) is 0.865. The number of aliphatic hydroxyl groups is 1. The average Bonchev–Trinajstić information content (AvgIpc) is 2.51. The molecule has 0 bridgehead atoms. The molecule has 1 aliphatic heterocycles. The van der Waals surface area contributed by atoms with Crippen LogP contribution in [0.4, 0.5) is 4.39 Å². The number of hydrogen-bond donors (Lipinski definition) is 1. The summed E-state index contributed by atoms with van der Waals surface area (Å²) in [4.78, 5) is 4.74. The van der Waals surface area contributed by atoms with Gasteiger partial charge >= 0.3 is 0 Å². The number of methoxy groups -OCH3 is 1. The molecule has 5 heteroatoms. The van der Waals surface area contributed by atoms with Gasteiger partial charge in [0.05, 0.1) is 7.11 Å². The molecule has 1 heterocycles. The van der Waals surface area contributed by atoms with E-state index in [1.54, 1.807) is 19.2 Å². The van der Waals surface area contributed by atoms with Gasteiger partial charge in [0.15, 0.2) is 0 Å². The Balaban J connectivity index is 2.03. The highest BCUT2D eigenvalue weighted by atomic mass is 19.1. The topological polar surface area (TPSA) is 35.9 Å². The van der Waals surface area contributed by atoms with Gasteiger partial charge in [-0.25, -0.2) is 4.39 Å². The van der Waals surface area contributed by atoms with Crippen molar-refractivity contribution in [1.29, 1.82) is 0 Å². The van der Waals surface area contributed by atoms with Crippen molar-refractivity contribution in [3.05, 3.63) is 29.6 Å². The maximum atomic E-state index is 14.1. The third kappa shape index (κ3) is 5.43. The second kappa shape index (κ2) is 8.28. The molecule has 1 atom stereocenters. The number of rotatable bonds is 6. The molecule has 0 aliphatic carbocycles. The molecule has 1 aromatic rings. The largest absolute Gasteiger partial charge is 0.497 e. The van der Waals surface area contributed by atoms with Crippen molar-refractivity contribution in [3.8, 4) is 5.75 Å². The van der Waals surface area contributed by atoms with Crippen LogP contribution in [0.25, 0.3) is 0 Å². The number of hydrogen-bond acceptors (Lipinski definition) is 4. The summed E-state index contributed by atoms with van der Waals surface area (Å²) in [6.07, 6.45) is 0.757. The van der Waals surface area contributed by atoms with E-state index >= 15 is 0 Å². The van der Waals surface area contributed by atoms with Gasteiger partial charge in [0.2, 0.25) is 0 Å². The van der Waals surface area contributed by atoms with Crippen molar-refractivity contribution in [3.63, 3.8) is 0 Å². The van der Waals surface area contributed by atoms with Crippen molar-refractivity contribution in [1.82, 2.24) is 9.80 Å². The SMILES string of the molecule is COc1ccc(F)c(CN2CCN(CC(C)(C)C)C(CCO)C2)c1. The highest BCUT2D eigenvalue weighted by Crippen LogP contribution is 2.23. The van der Waals surface area contributed by atoms with Gasteiger partial charge in [-0.3, -0.25) is 9.80 Å². The van der Waals surface area contributed by atoms with Crippen LogP contribution in [0.1, 0.15) is 32.8 Å². The number of aliphatic hydroxyl groups excluding tert-OH is 1. The second-order valence-electron chi connectivity index (χ2n) is 7.89. The molecule has 1 aromatic carbocycles. The van der Waals surface area contributed by atoms with Crippen molar-refractivity contribution >= 4 is 0 Å². The summed E-state index contributed by atoms with van der Waals surface area (Å²) in [5.41, 5.74) is 0.899. The first-order valence-corrected chi connectivity index (χ1v) is 8.72. The highest BCUT2D eigenvalue weighted by Gasteiger charge is 2.29. The van der Waals surface area contributed by atoms with Crippen molar-refractivity contribution in [2.75, 3.05) is 39.9 Å². The molecule has 0 saturated carbocycles. The molecule has 1 aliphatic rings. The van der Waals surface area contributed by atoms with Gasteiger partial charge in [0, 0.05) is 50.9 Å². The average molecular weight is 338 g/mol. The van der Waals surface area contributed by atoms with Gasteiger partial charge in [0.1, 0.15) is 11.6 Å². The number of benzene rings is 1. The normalized spacial score (nSPS) is 20.3. The van der Waals surface area contributed by atoms with Crippen LogP contribution in [0.15, 0.2) is 18.2 Å². The molecule has 24 heavy (non-hydrogen) atoms. The molecule has 0 aromatic heterocycles. The predicted molar refractivity (Wildman–Crippen MR) is 94.7 cm³/mol. The maximum absolute atomic E-state index is 14.1. The predicted octanol–water partition coefficient (Wildman–Crippen LogP) is 2.75. The van der Waals surface area contributed by atoms with Crippen LogP contribution in [0.2, 0.25) is 0 Å². The van der Waals surface area contributed by atoms with Crippen molar-refractivity contribution in [2.45, 2.75) is 39.8 Å². The number of piperazine rings is 1. The monoisotopic (exact) mass is 338 g/mol. The van der Waals surface area contributed by atoms with Gasteiger partial charge < -0.3 is 9.84 Å². The fourth-order valence-corrected chi connectivity index (χ4v) is 3.38. The van der Waals surface area contributed by atoms with E-state index in [-0.39, 0.29) is 17.8 Å². The lowest BCUT2D eigenvalue weighted by atomic mass is 9.94. The molecule has 0 spiro atoms. The molecule has 2 rings (SSSR count). The lowest BCUT2D eigenvalue weighted by Gasteiger charge is -2.44. The molecular weight excluding hydrogens is 307 g/mol. The van der Waals surface area contributed by atoms with Crippen molar-refractivity contribution < 1.29 is 14.2 Å². The van der Waals surface area contributed by atoms with Crippen molar-refractivity contribution in [2.24, 2.45) is 5.41 Å². The van der Waals surface area contributed by atoms with E-state index < -0.39 is 0 Å². The Labute approximate surface area is 145 Å². The van der Waals surface area contributed by atoms with E-state index in [2.05, 4.69) is 30.6 Å². The minimum Gasteiger partial charge on any atom is -0.497 e. The lowest BCUT2D eigenvalue weighted by molar-refractivity contribution is 0.0335. The van der Waals surface area contributed by atoms with Crippen LogP contribution in [0.3, 0.4) is 0 Å². The summed E-state index contributed by atoms with van der Waals surface area (Å²) in [6, 6.07) is 5.21. The van der Waals surface area contributed by atoms with Crippen LogP contribution in [0.5, 0.6) is 5.75 Å². The van der Waals surface area contributed by atoms with E-state index in [9.17, 15) is 9.50 Å². The first-order chi connectivity index (χ1) is 11.3. The van der Waals surface area contributed by atoms with Crippen LogP contribution in [-0.2, 0) is 6.54 Å². The fraction of sp³-hybridized carbons (Fsp3) is 0.684. The molecule has 1 N–H and O–H groups in total. The van der Waals surface area contributed by atoms with Crippen LogP contribution < -0.4 is 4.74 Å². The first-order valence-electron chi connectivity index (χ1n) is 8.72. The van der Waals surface area contributed by atoms with Gasteiger partial charge in [-0.05, 0) is 30.0 Å². The summed E-state index contributed by atoms with van der Waals surface area (Å²) in [5.74, 6) is 0.497. The smallest absolute Gasteiger partial charge is 0.127 e. The van der Waals surface area contributed by atoms with Gasteiger partial charge in [-0.2, -0.15) is 0 Å². The van der Waals surface area contributed by atoms with Crippen LogP contribution in [0, 0.1) is 11.2 Å². The van der Waals surface area contributed by atoms with Crippen LogP contribution >= 0.6 is 0 Å². The Bertz CT molecular complexity index is 531. The maximum Gasteiger partial charge on any atom is 0.127 e. The molecule has 4 nitrogen and oxygen atoms in total. The Morgan fingerprint density at radius 3 is 2.67 bits per heavy atom. The Kier molecular flexibility index (Phi) is 6.61. The number of ether oxygens (including phenoxy) is 1. The van der Waals surface area contributed by atoms with Crippen LogP contribution in [-0.4, -0.2) is 60.8 Å². The summed E-state index contributed by atoms with van der Waals surface area (Å²) in [7, 11) is 1.60. The zero-order chi connectivity index (χ0) is 17.7. The minimum atomic E-state index is -0.188. The molecule has 136 valence electrons. The Hall–Kier alpha value is -1.17. The Morgan fingerprint density at radius 2 is 2.04 bits per heavy atom. The summed E-state index contributed by atoms with van der Waals surface area (Å²) < 4.78 is 19.3. The highest BCUT2D eigenvalue weighted by molar-refractivity contribution is 5.29. The molecule has 0 amide bonds. The van der Waals surface area contributed by atoms with Gasteiger partial charge in [-0.15, -0.1) is 0 Å². The summed E-state index contributed by atoms with van der Waals surface area (Å²) >= 11 is 0. The minimum absolute atomic E-state index is 0.187. The molecular formula is C19H31FN2O2. The third-order valence-corrected chi connectivity index (χ3v) is 4.48. The lowest BCUT2D eigenvalue weighted by Crippen LogP contribution is -2.54. The second-order valence-corrected chi connectivity index (χ2v) is 7.89. The van der Waals surface area contributed by atoms with E-state index in [0.29, 0.717) is 23.9 Å². The summed E-state index contributed by atoms with van der Waals surface area (Å²) in [6.45, 7) is 11.2. The molecule has 1 saturated heterocycles.